The Bertz CT molecular complexity index is 581. The molecule has 0 saturated heterocycles. The van der Waals surface area contributed by atoms with Gasteiger partial charge in [-0.25, -0.2) is 4.79 Å². The van der Waals surface area contributed by atoms with Crippen LogP contribution in [0.15, 0.2) is 41.0 Å². The molecule has 1 aromatic carbocycles. The Morgan fingerprint density at radius 1 is 1.37 bits per heavy atom. The summed E-state index contributed by atoms with van der Waals surface area (Å²) in [6.07, 6.45) is 1.55. The van der Waals surface area contributed by atoms with E-state index in [0.717, 1.165) is 5.56 Å². The molecule has 1 aromatic heterocycles. The number of nitrogens with zero attached hydrogens (tertiary/aromatic N) is 1. The van der Waals surface area contributed by atoms with E-state index in [1.54, 1.807) is 13.1 Å². The number of carbonyl (C=O) groups excluding carboxylic acids is 1. The number of halogens is 2. The van der Waals surface area contributed by atoms with E-state index in [1.165, 1.54) is 4.57 Å². The molecule has 100 valence electrons. The third-order valence-corrected chi connectivity index (χ3v) is 3.24. The van der Waals surface area contributed by atoms with Crippen LogP contribution in [0, 0.1) is 5.95 Å². The first-order chi connectivity index (χ1) is 9.13. The number of rotatable bonds is 4. The molecule has 0 atom stereocenters. The zero-order valence-electron chi connectivity index (χ0n) is 10.4. The first kappa shape index (κ1) is 13.8. The van der Waals surface area contributed by atoms with Crippen LogP contribution in [0.5, 0.6) is 0 Å². The molecule has 0 aliphatic rings. The highest BCUT2D eigenvalue weighted by Gasteiger charge is 2.22. The summed E-state index contributed by atoms with van der Waals surface area (Å²) in [5.41, 5.74) is 0.900. The van der Waals surface area contributed by atoms with Gasteiger partial charge in [-0.1, -0.05) is 30.3 Å². The molecule has 19 heavy (non-hydrogen) atoms. The maximum absolute atomic E-state index is 14.2. The molecule has 0 fully saturated rings. The van der Waals surface area contributed by atoms with Crippen LogP contribution in [-0.4, -0.2) is 17.1 Å². The molecule has 2 aromatic rings. The summed E-state index contributed by atoms with van der Waals surface area (Å²) in [7, 11) is 0. The Balaban J connectivity index is 2.29. The molecule has 0 radical (unpaired) electrons. The normalized spacial score (nSPS) is 10.5. The maximum Gasteiger partial charge on any atom is 0.343 e. The van der Waals surface area contributed by atoms with Gasteiger partial charge in [0.25, 0.3) is 0 Å². The summed E-state index contributed by atoms with van der Waals surface area (Å²) < 4.78 is 20.8. The molecular weight excluding hydrogens is 313 g/mol. The summed E-state index contributed by atoms with van der Waals surface area (Å²) in [4.78, 5) is 11.6. The predicted molar refractivity (Wildman–Crippen MR) is 73.6 cm³/mol. The predicted octanol–water partition coefficient (Wildman–Crippen LogP) is 3.61. The van der Waals surface area contributed by atoms with Gasteiger partial charge in [0.1, 0.15) is 5.56 Å². The van der Waals surface area contributed by atoms with Crippen molar-refractivity contribution in [3.8, 4) is 0 Å². The van der Waals surface area contributed by atoms with Gasteiger partial charge >= 0.3 is 5.97 Å². The fourth-order valence-corrected chi connectivity index (χ4v) is 2.35. The van der Waals surface area contributed by atoms with E-state index >= 15 is 0 Å². The number of esters is 1. The minimum absolute atomic E-state index is 0.0576. The SMILES string of the molecule is CCOC(=O)c1c(Br)cn(Cc2ccccc2)c1F. The van der Waals surface area contributed by atoms with Crippen LogP contribution in [0.4, 0.5) is 4.39 Å². The van der Waals surface area contributed by atoms with Crippen molar-refractivity contribution in [2.24, 2.45) is 0 Å². The van der Waals surface area contributed by atoms with Crippen molar-refractivity contribution in [1.82, 2.24) is 4.57 Å². The molecule has 1 heterocycles. The molecule has 0 spiro atoms. The second kappa shape index (κ2) is 6.02. The highest BCUT2D eigenvalue weighted by Crippen LogP contribution is 2.24. The number of hydrogen-bond acceptors (Lipinski definition) is 2. The summed E-state index contributed by atoms with van der Waals surface area (Å²) in [6.45, 7) is 2.27. The van der Waals surface area contributed by atoms with Crippen molar-refractivity contribution < 1.29 is 13.9 Å². The van der Waals surface area contributed by atoms with Gasteiger partial charge in [-0.15, -0.1) is 0 Å². The molecule has 0 aliphatic carbocycles. The third-order valence-electron chi connectivity index (χ3n) is 2.64. The van der Waals surface area contributed by atoms with Crippen LogP contribution in [-0.2, 0) is 11.3 Å². The van der Waals surface area contributed by atoms with E-state index in [4.69, 9.17) is 4.74 Å². The lowest BCUT2D eigenvalue weighted by molar-refractivity contribution is 0.0519. The van der Waals surface area contributed by atoms with Crippen molar-refractivity contribution >= 4 is 21.9 Å². The smallest absolute Gasteiger partial charge is 0.343 e. The van der Waals surface area contributed by atoms with Gasteiger partial charge in [-0.05, 0) is 28.4 Å². The lowest BCUT2D eigenvalue weighted by Crippen LogP contribution is -2.09. The van der Waals surface area contributed by atoms with Gasteiger partial charge in [-0.2, -0.15) is 4.39 Å². The van der Waals surface area contributed by atoms with Gasteiger partial charge in [0, 0.05) is 12.7 Å². The van der Waals surface area contributed by atoms with Crippen LogP contribution in [0.1, 0.15) is 22.8 Å². The number of benzene rings is 1. The van der Waals surface area contributed by atoms with E-state index < -0.39 is 11.9 Å². The summed E-state index contributed by atoms with van der Waals surface area (Å²) in [6, 6.07) is 9.47. The minimum Gasteiger partial charge on any atom is -0.462 e. The van der Waals surface area contributed by atoms with Crippen molar-refractivity contribution in [2.45, 2.75) is 13.5 Å². The number of aromatic nitrogens is 1. The monoisotopic (exact) mass is 325 g/mol. The highest BCUT2D eigenvalue weighted by molar-refractivity contribution is 9.10. The van der Waals surface area contributed by atoms with Crippen molar-refractivity contribution in [3.63, 3.8) is 0 Å². The summed E-state index contributed by atoms with van der Waals surface area (Å²) in [5.74, 6) is -1.24. The number of carbonyl (C=O) groups is 1. The fourth-order valence-electron chi connectivity index (χ4n) is 1.78. The van der Waals surface area contributed by atoms with Crippen molar-refractivity contribution in [3.05, 3.63) is 58.1 Å². The Morgan fingerprint density at radius 2 is 2.05 bits per heavy atom. The van der Waals surface area contributed by atoms with E-state index in [9.17, 15) is 9.18 Å². The van der Waals surface area contributed by atoms with E-state index in [1.807, 2.05) is 30.3 Å². The molecule has 0 bridgehead atoms. The van der Waals surface area contributed by atoms with Crippen LogP contribution >= 0.6 is 15.9 Å². The first-order valence-electron chi connectivity index (χ1n) is 5.88. The third kappa shape index (κ3) is 3.04. The van der Waals surface area contributed by atoms with Crippen LogP contribution < -0.4 is 0 Å². The molecular formula is C14H13BrFNO2. The zero-order chi connectivity index (χ0) is 13.8. The Labute approximate surface area is 119 Å². The summed E-state index contributed by atoms with van der Waals surface area (Å²) >= 11 is 3.19. The molecule has 0 unspecified atom stereocenters. The zero-order valence-corrected chi connectivity index (χ0v) is 12.0. The number of ether oxygens (including phenoxy) is 1. The second-order valence-corrected chi connectivity index (χ2v) is 4.83. The lowest BCUT2D eigenvalue weighted by atomic mass is 10.2. The van der Waals surface area contributed by atoms with Crippen LogP contribution in [0.3, 0.4) is 0 Å². The average Bonchev–Trinajstić information content (AvgIpc) is 2.66. The fraction of sp³-hybridized carbons (Fsp3) is 0.214. The quantitative estimate of drug-likeness (QED) is 0.804. The topological polar surface area (TPSA) is 31.2 Å². The van der Waals surface area contributed by atoms with Gasteiger partial charge in [0.2, 0.25) is 5.95 Å². The lowest BCUT2D eigenvalue weighted by Gasteiger charge is -2.04. The van der Waals surface area contributed by atoms with Gasteiger partial charge in [0.05, 0.1) is 11.1 Å². The molecule has 0 amide bonds. The van der Waals surface area contributed by atoms with E-state index in [0.29, 0.717) is 11.0 Å². The van der Waals surface area contributed by atoms with Crippen molar-refractivity contribution in [2.75, 3.05) is 6.61 Å². The standard InChI is InChI=1S/C14H13BrFNO2/c1-2-19-14(18)12-11(15)9-17(13(12)16)8-10-6-4-3-5-7-10/h3-7,9H,2,8H2,1H3. The van der Waals surface area contributed by atoms with Crippen molar-refractivity contribution in [1.29, 1.82) is 0 Å². The Kier molecular flexibility index (Phi) is 4.37. The van der Waals surface area contributed by atoms with Crippen LogP contribution in [0.25, 0.3) is 0 Å². The second-order valence-electron chi connectivity index (χ2n) is 3.98. The van der Waals surface area contributed by atoms with Gasteiger partial charge in [-0.3, -0.25) is 0 Å². The highest BCUT2D eigenvalue weighted by atomic mass is 79.9. The molecule has 2 rings (SSSR count). The minimum atomic E-state index is -0.654. The van der Waals surface area contributed by atoms with E-state index in [-0.39, 0.29) is 12.2 Å². The molecule has 0 saturated carbocycles. The number of hydrogen-bond donors (Lipinski definition) is 0. The first-order valence-corrected chi connectivity index (χ1v) is 6.68. The van der Waals surface area contributed by atoms with E-state index in [2.05, 4.69) is 15.9 Å². The maximum atomic E-state index is 14.2. The largest absolute Gasteiger partial charge is 0.462 e. The van der Waals surface area contributed by atoms with Gasteiger partial charge < -0.3 is 9.30 Å². The Hall–Kier alpha value is -1.62. The summed E-state index contributed by atoms with van der Waals surface area (Å²) in [5, 5.41) is 0. The molecule has 0 aliphatic heterocycles. The molecule has 3 nitrogen and oxygen atoms in total. The molecule has 5 heteroatoms. The average molecular weight is 326 g/mol. The van der Waals surface area contributed by atoms with Gasteiger partial charge in [0.15, 0.2) is 0 Å². The molecule has 0 N–H and O–H groups in total. The van der Waals surface area contributed by atoms with Crippen LogP contribution in [0.2, 0.25) is 0 Å². The Morgan fingerprint density at radius 3 is 2.68 bits per heavy atom.